The number of hydrogen-bond donors (Lipinski definition) is 1. The quantitative estimate of drug-likeness (QED) is 0.733. The highest BCUT2D eigenvalue weighted by Gasteiger charge is 2.19. The van der Waals surface area contributed by atoms with Gasteiger partial charge in [-0.2, -0.15) is 0 Å². The van der Waals surface area contributed by atoms with Crippen LogP contribution < -0.4 is 10.1 Å². The number of nitrogens with one attached hydrogen (secondary N) is 1. The third-order valence-electron chi connectivity index (χ3n) is 5.07. The molecule has 3 rings (SSSR count). The molecule has 2 aliphatic rings. The average molecular weight is 346 g/mol. The number of nitrogens with zero attached hydrogens (tertiary/aromatic N) is 1. The Balaban J connectivity index is 1.41. The van der Waals surface area contributed by atoms with E-state index in [-0.39, 0.29) is 5.91 Å². The molecule has 1 atom stereocenters. The predicted molar refractivity (Wildman–Crippen MR) is 98.1 cm³/mol. The number of carbonyl (C=O) groups excluding carboxylic acids is 1. The number of amides is 1. The summed E-state index contributed by atoms with van der Waals surface area (Å²) in [5.41, 5.74) is 2.80. The number of morpholine rings is 1. The number of benzene rings is 1. The van der Waals surface area contributed by atoms with Crippen LogP contribution in [0.15, 0.2) is 18.2 Å². The number of hydrogen-bond acceptors (Lipinski definition) is 4. The Morgan fingerprint density at radius 3 is 2.88 bits per heavy atom. The summed E-state index contributed by atoms with van der Waals surface area (Å²) in [6.45, 7) is 7.31. The Morgan fingerprint density at radius 1 is 1.28 bits per heavy atom. The number of rotatable bonds is 8. The second-order valence-electron chi connectivity index (χ2n) is 6.90. The Morgan fingerprint density at radius 2 is 2.08 bits per heavy atom. The summed E-state index contributed by atoms with van der Waals surface area (Å²) in [6, 6.07) is 6.25. The number of fused-ring (bicyclic) bond motifs is 1. The van der Waals surface area contributed by atoms with Gasteiger partial charge in [0.25, 0.3) is 5.91 Å². The van der Waals surface area contributed by atoms with Gasteiger partial charge in [0.2, 0.25) is 0 Å². The third-order valence-corrected chi connectivity index (χ3v) is 5.07. The molecular formula is C20H30N2O3. The normalized spacial score (nSPS) is 18.6. The second kappa shape index (κ2) is 9.20. The van der Waals surface area contributed by atoms with Gasteiger partial charge in [-0.1, -0.05) is 13.0 Å². The van der Waals surface area contributed by atoms with Crippen molar-refractivity contribution in [1.82, 2.24) is 10.2 Å². The Labute approximate surface area is 150 Å². The van der Waals surface area contributed by atoms with Crippen LogP contribution in [0.3, 0.4) is 0 Å². The summed E-state index contributed by atoms with van der Waals surface area (Å²) < 4.78 is 11.3. The summed E-state index contributed by atoms with van der Waals surface area (Å²) in [5.74, 6) is 0.806. The SMILES string of the molecule is CCC(Oc1ccc2c(c1)CCC2)C(=O)NCCCN1CCOCC1. The van der Waals surface area contributed by atoms with Crippen LogP contribution in [-0.2, 0) is 22.4 Å². The number of aryl methyl sites for hydroxylation is 2. The molecule has 0 bridgehead atoms. The fraction of sp³-hybridized carbons (Fsp3) is 0.650. The summed E-state index contributed by atoms with van der Waals surface area (Å²) >= 11 is 0. The zero-order chi connectivity index (χ0) is 17.5. The largest absolute Gasteiger partial charge is 0.481 e. The molecule has 0 spiro atoms. The smallest absolute Gasteiger partial charge is 0.261 e. The lowest BCUT2D eigenvalue weighted by molar-refractivity contribution is -0.128. The van der Waals surface area contributed by atoms with E-state index in [2.05, 4.69) is 22.3 Å². The highest BCUT2D eigenvalue weighted by atomic mass is 16.5. The van der Waals surface area contributed by atoms with Crippen molar-refractivity contribution in [1.29, 1.82) is 0 Å². The Kier molecular flexibility index (Phi) is 6.70. The van der Waals surface area contributed by atoms with Crippen molar-refractivity contribution in [2.75, 3.05) is 39.4 Å². The monoisotopic (exact) mass is 346 g/mol. The topological polar surface area (TPSA) is 50.8 Å². The molecule has 138 valence electrons. The van der Waals surface area contributed by atoms with Crippen molar-refractivity contribution in [2.45, 2.75) is 45.1 Å². The van der Waals surface area contributed by atoms with Crippen LogP contribution in [0.5, 0.6) is 5.75 Å². The number of ether oxygens (including phenoxy) is 2. The molecule has 1 N–H and O–H groups in total. The maximum Gasteiger partial charge on any atom is 0.261 e. The molecule has 0 radical (unpaired) electrons. The van der Waals surface area contributed by atoms with E-state index in [1.54, 1.807) is 0 Å². The van der Waals surface area contributed by atoms with E-state index in [1.165, 1.54) is 17.5 Å². The van der Waals surface area contributed by atoms with Gasteiger partial charge < -0.3 is 14.8 Å². The van der Waals surface area contributed by atoms with Gasteiger partial charge in [0.05, 0.1) is 13.2 Å². The van der Waals surface area contributed by atoms with E-state index in [1.807, 2.05) is 13.0 Å². The molecule has 0 aromatic heterocycles. The highest BCUT2D eigenvalue weighted by Crippen LogP contribution is 2.26. The van der Waals surface area contributed by atoms with Gasteiger partial charge in [-0.3, -0.25) is 9.69 Å². The molecule has 1 amide bonds. The van der Waals surface area contributed by atoms with E-state index in [0.717, 1.165) is 57.9 Å². The molecule has 1 unspecified atom stereocenters. The summed E-state index contributed by atoms with van der Waals surface area (Å²) in [4.78, 5) is 14.8. The van der Waals surface area contributed by atoms with E-state index >= 15 is 0 Å². The van der Waals surface area contributed by atoms with Crippen LogP contribution in [0.2, 0.25) is 0 Å². The number of carbonyl (C=O) groups is 1. The van der Waals surface area contributed by atoms with Crippen molar-refractivity contribution in [3.63, 3.8) is 0 Å². The predicted octanol–water partition coefficient (Wildman–Crippen LogP) is 2.17. The molecule has 1 aromatic carbocycles. The molecule has 1 aromatic rings. The lowest BCUT2D eigenvalue weighted by Crippen LogP contribution is -2.41. The Bertz CT molecular complexity index is 570. The fourth-order valence-corrected chi connectivity index (χ4v) is 3.56. The molecular weight excluding hydrogens is 316 g/mol. The standard InChI is InChI=1S/C20H30N2O3/c1-2-19(25-18-8-7-16-5-3-6-17(16)15-18)20(23)21-9-4-10-22-11-13-24-14-12-22/h7-8,15,19H,2-6,9-14H2,1H3,(H,21,23). The molecule has 5 heteroatoms. The maximum atomic E-state index is 12.4. The molecule has 1 saturated heterocycles. The zero-order valence-electron chi connectivity index (χ0n) is 15.3. The van der Waals surface area contributed by atoms with Crippen LogP contribution in [0.4, 0.5) is 0 Å². The van der Waals surface area contributed by atoms with Crippen molar-refractivity contribution < 1.29 is 14.3 Å². The first kappa shape index (κ1) is 18.2. The molecule has 25 heavy (non-hydrogen) atoms. The lowest BCUT2D eigenvalue weighted by atomic mass is 10.1. The average Bonchev–Trinajstić information content (AvgIpc) is 3.11. The van der Waals surface area contributed by atoms with Crippen LogP contribution in [0.1, 0.15) is 37.3 Å². The van der Waals surface area contributed by atoms with Gasteiger partial charge in [0, 0.05) is 19.6 Å². The molecule has 1 aliphatic carbocycles. The van der Waals surface area contributed by atoms with Crippen molar-refractivity contribution in [2.24, 2.45) is 0 Å². The second-order valence-corrected chi connectivity index (χ2v) is 6.90. The van der Waals surface area contributed by atoms with Crippen LogP contribution in [-0.4, -0.2) is 56.3 Å². The van der Waals surface area contributed by atoms with Crippen molar-refractivity contribution in [3.8, 4) is 5.75 Å². The van der Waals surface area contributed by atoms with Crippen molar-refractivity contribution >= 4 is 5.91 Å². The van der Waals surface area contributed by atoms with Crippen LogP contribution >= 0.6 is 0 Å². The Hall–Kier alpha value is -1.59. The van der Waals surface area contributed by atoms with Gasteiger partial charge in [-0.15, -0.1) is 0 Å². The van der Waals surface area contributed by atoms with E-state index in [9.17, 15) is 4.79 Å². The van der Waals surface area contributed by atoms with Gasteiger partial charge in [0.1, 0.15) is 5.75 Å². The summed E-state index contributed by atoms with van der Waals surface area (Å²) in [6.07, 6.45) is 4.73. The van der Waals surface area contributed by atoms with Gasteiger partial charge in [0.15, 0.2) is 6.10 Å². The molecule has 1 heterocycles. The molecule has 5 nitrogen and oxygen atoms in total. The highest BCUT2D eigenvalue weighted by molar-refractivity contribution is 5.81. The minimum absolute atomic E-state index is 0.00928. The lowest BCUT2D eigenvalue weighted by Gasteiger charge is -2.26. The van der Waals surface area contributed by atoms with Crippen molar-refractivity contribution in [3.05, 3.63) is 29.3 Å². The van der Waals surface area contributed by atoms with Gasteiger partial charge in [-0.25, -0.2) is 0 Å². The molecule has 1 fully saturated rings. The molecule has 0 saturated carbocycles. The first-order valence-corrected chi connectivity index (χ1v) is 9.62. The van der Waals surface area contributed by atoms with E-state index < -0.39 is 6.10 Å². The van der Waals surface area contributed by atoms with Crippen LogP contribution in [0.25, 0.3) is 0 Å². The van der Waals surface area contributed by atoms with E-state index in [0.29, 0.717) is 13.0 Å². The first-order chi connectivity index (χ1) is 12.3. The fourth-order valence-electron chi connectivity index (χ4n) is 3.56. The van der Waals surface area contributed by atoms with E-state index in [4.69, 9.17) is 9.47 Å². The first-order valence-electron chi connectivity index (χ1n) is 9.62. The summed E-state index contributed by atoms with van der Waals surface area (Å²) in [7, 11) is 0. The minimum atomic E-state index is -0.414. The summed E-state index contributed by atoms with van der Waals surface area (Å²) in [5, 5.41) is 3.02. The third kappa shape index (κ3) is 5.19. The maximum absolute atomic E-state index is 12.4. The molecule has 1 aliphatic heterocycles. The van der Waals surface area contributed by atoms with Crippen LogP contribution in [0, 0.1) is 0 Å². The van der Waals surface area contributed by atoms with Gasteiger partial charge in [-0.05, 0) is 61.9 Å². The minimum Gasteiger partial charge on any atom is -0.481 e. The van der Waals surface area contributed by atoms with Gasteiger partial charge >= 0.3 is 0 Å². The zero-order valence-corrected chi connectivity index (χ0v) is 15.3.